The summed E-state index contributed by atoms with van der Waals surface area (Å²) in [7, 11) is 0. The highest BCUT2D eigenvalue weighted by molar-refractivity contribution is 7.99. The van der Waals surface area contributed by atoms with Crippen molar-refractivity contribution in [2.24, 2.45) is 0 Å². The van der Waals surface area contributed by atoms with Gasteiger partial charge >= 0.3 is 0 Å². The third-order valence-corrected chi connectivity index (χ3v) is 4.75. The molecule has 0 radical (unpaired) electrons. The molecule has 3 aromatic rings. The highest BCUT2D eigenvalue weighted by atomic mass is 32.2. The van der Waals surface area contributed by atoms with Crippen LogP contribution in [0.2, 0.25) is 0 Å². The summed E-state index contributed by atoms with van der Waals surface area (Å²) in [6.07, 6.45) is 2.16. The number of hydrogen-bond donors (Lipinski definition) is 1. The number of carbonyl (C=O) groups is 1. The number of unbranched alkanes of at least 4 members (excludes halogenated alkanes) is 1. The van der Waals surface area contributed by atoms with E-state index in [0.717, 1.165) is 36.1 Å². The molecule has 0 bridgehead atoms. The molecular weight excluding hydrogens is 349 g/mol. The number of anilines is 1. The van der Waals surface area contributed by atoms with Gasteiger partial charge < -0.3 is 5.32 Å². The molecule has 0 atom stereocenters. The Bertz CT molecular complexity index is 899. The van der Waals surface area contributed by atoms with Gasteiger partial charge in [-0.3, -0.25) is 4.79 Å². The van der Waals surface area contributed by atoms with E-state index in [1.165, 1.54) is 36.0 Å². The molecule has 0 amide bonds. The van der Waals surface area contributed by atoms with Crippen molar-refractivity contribution in [3.63, 3.8) is 0 Å². The summed E-state index contributed by atoms with van der Waals surface area (Å²) in [5.74, 6) is 0.571. The van der Waals surface area contributed by atoms with Gasteiger partial charge in [0.15, 0.2) is 10.9 Å². The van der Waals surface area contributed by atoms with Gasteiger partial charge in [0.1, 0.15) is 11.6 Å². The maximum absolute atomic E-state index is 13.0. The summed E-state index contributed by atoms with van der Waals surface area (Å²) >= 11 is 1.29. The van der Waals surface area contributed by atoms with Crippen molar-refractivity contribution < 1.29 is 9.18 Å². The summed E-state index contributed by atoms with van der Waals surface area (Å²) < 4.78 is 13.0. The van der Waals surface area contributed by atoms with E-state index in [2.05, 4.69) is 22.2 Å². The first-order valence-electron chi connectivity index (χ1n) is 8.59. The Hall–Kier alpha value is -2.47. The third-order valence-electron chi connectivity index (χ3n) is 3.90. The quantitative estimate of drug-likeness (QED) is 0.263. The molecule has 1 heterocycles. The zero-order valence-electron chi connectivity index (χ0n) is 14.5. The highest BCUT2D eigenvalue weighted by Gasteiger charge is 2.11. The van der Waals surface area contributed by atoms with Crippen LogP contribution in [0.5, 0.6) is 0 Å². The molecule has 4 nitrogen and oxygen atoms in total. The van der Waals surface area contributed by atoms with E-state index in [4.69, 9.17) is 0 Å². The van der Waals surface area contributed by atoms with Gasteiger partial charge in [-0.15, -0.1) is 0 Å². The molecular formula is C20H20FN3OS. The van der Waals surface area contributed by atoms with Crippen LogP contribution in [0.15, 0.2) is 53.7 Å². The standard InChI is InChI=1S/C20H20FN3OS/c1-2-3-12-22-19-16-6-4-5-7-17(16)23-20(24-19)26-13-18(25)14-8-10-15(21)11-9-14/h4-11H,2-3,12-13H2,1H3,(H,22,23,24). The number of thioether (sulfide) groups is 1. The van der Waals surface area contributed by atoms with Crippen molar-refractivity contribution in [3.05, 3.63) is 59.9 Å². The van der Waals surface area contributed by atoms with Gasteiger partial charge in [0.25, 0.3) is 0 Å². The first-order valence-corrected chi connectivity index (χ1v) is 9.58. The minimum atomic E-state index is -0.352. The molecule has 0 spiro atoms. The number of ketones is 1. The Labute approximate surface area is 156 Å². The number of nitrogens with one attached hydrogen (secondary N) is 1. The Kier molecular flexibility index (Phi) is 6.17. The van der Waals surface area contributed by atoms with Crippen molar-refractivity contribution in [1.29, 1.82) is 0 Å². The molecule has 2 aromatic carbocycles. The first-order chi connectivity index (χ1) is 12.7. The number of Topliss-reactive ketones (excluding diaryl/α,β-unsaturated/α-hetero) is 1. The number of rotatable bonds is 8. The summed E-state index contributed by atoms with van der Waals surface area (Å²) in [6.45, 7) is 2.98. The van der Waals surface area contributed by atoms with E-state index >= 15 is 0 Å². The van der Waals surface area contributed by atoms with Crippen LogP contribution in [0, 0.1) is 5.82 Å². The lowest BCUT2D eigenvalue weighted by Crippen LogP contribution is -2.07. The normalized spacial score (nSPS) is 10.8. The Morgan fingerprint density at radius 3 is 2.65 bits per heavy atom. The van der Waals surface area contributed by atoms with E-state index in [-0.39, 0.29) is 17.4 Å². The number of halogens is 1. The van der Waals surface area contributed by atoms with Gasteiger partial charge in [-0.2, -0.15) is 0 Å². The van der Waals surface area contributed by atoms with Crippen LogP contribution in [-0.2, 0) is 0 Å². The molecule has 0 aliphatic rings. The van der Waals surface area contributed by atoms with Crippen LogP contribution in [0.1, 0.15) is 30.1 Å². The van der Waals surface area contributed by atoms with Crippen LogP contribution >= 0.6 is 11.8 Å². The van der Waals surface area contributed by atoms with E-state index in [0.29, 0.717) is 10.7 Å². The van der Waals surface area contributed by atoms with Crippen LogP contribution in [0.3, 0.4) is 0 Å². The van der Waals surface area contributed by atoms with E-state index in [1.54, 1.807) is 0 Å². The fourth-order valence-corrected chi connectivity index (χ4v) is 3.23. The molecule has 0 unspecified atom stereocenters. The topological polar surface area (TPSA) is 54.9 Å². The number of carbonyl (C=O) groups excluding carboxylic acids is 1. The van der Waals surface area contributed by atoms with Gasteiger partial charge in [0.05, 0.1) is 11.3 Å². The lowest BCUT2D eigenvalue weighted by atomic mass is 10.1. The molecule has 1 N–H and O–H groups in total. The molecule has 0 saturated heterocycles. The van der Waals surface area contributed by atoms with Crippen molar-refractivity contribution in [3.8, 4) is 0 Å². The predicted molar refractivity (Wildman–Crippen MR) is 104 cm³/mol. The number of hydrogen-bond acceptors (Lipinski definition) is 5. The molecule has 0 fully saturated rings. The van der Waals surface area contributed by atoms with Crippen LogP contribution < -0.4 is 5.32 Å². The molecule has 0 aliphatic heterocycles. The Morgan fingerprint density at radius 1 is 1.12 bits per heavy atom. The van der Waals surface area contributed by atoms with E-state index in [1.807, 2.05) is 24.3 Å². The van der Waals surface area contributed by atoms with Crippen molar-refractivity contribution >= 4 is 34.3 Å². The fraction of sp³-hybridized carbons (Fsp3) is 0.250. The zero-order valence-corrected chi connectivity index (χ0v) is 15.4. The second-order valence-corrected chi connectivity index (χ2v) is 6.81. The lowest BCUT2D eigenvalue weighted by molar-refractivity contribution is 0.102. The van der Waals surface area contributed by atoms with Gasteiger partial charge in [0.2, 0.25) is 0 Å². The average molecular weight is 369 g/mol. The molecule has 26 heavy (non-hydrogen) atoms. The minimum Gasteiger partial charge on any atom is -0.369 e. The molecule has 0 aliphatic carbocycles. The van der Waals surface area contributed by atoms with Gasteiger partial charge in [0, 0.05) is 17.5 Å². The van der Waals surface area contributed by atoms with Crippen molar-refractivity contribution in [1.82, 2.24) is 9.97 Å². The molecule has 0 saturated carbocycles. The van der Waals surface area contributed by atoms with Crippen LogP contribution in [-0.4, -0.2) is 28.0 Å². The number of nitrogens with zero attached hydrogens (tertiary/aromatic N) is 2. The van der Waals surface area contributed by atoms with E-state index in [9.17, 15) is 9.18 Å². The Morgan fingerprint density at radius 2 is 1.88 bits per heavy atom. The monoisotopic (exact) mass is 369 g/mol. The van der Waals surface area contributed by atoms with Crippen LogP contribution in [0.25, 0.3) is 10.9 Å². The van der Waals surface area contributed by atoms with Gasteiger partial charge in [-0.25, -0.2) is 14.4 Å². The number of aromatic nitrogens is 2. The SMILES string of the molecule is CCCCNc1nc(SCC(=O)c2ccc(F)cc2)nc2ccccc12. The maximum Gasteiger partial charge on any atom is 0.190 e. The summed E-state index contributed by atoms with van der Waals surface area (Å²) in [5, 5.41) is 4.89. The van der Waals surface area contributed by atoms with Gasteiger partial charge in [-0.05, 0) is 42.8 Å². The van der Waals surface area contributed by atoms with Crippen LogP contribution in [0.4, 0.5) is 10.2 Å². The van der Waals surface area contributed by atoms with Crippen molar-refractivity contribution in [2.45, 2.75) is 24.9 Å². The highest BCUT2D eigenvalue weighted by Crippen LogP contribution is 2.25. The second kappa shape index (κ2) is 8.76. The second-order valence-electron chi connectivity index (χ2n) is 5.87. The lowest BCUT2D eigenvalue weighted by Gasteiger charge is -2.10. The number of benzene rings is 2. The molecule has 1 aromatic heterocycles. The third kappa shape index (κ3) is 4.58. The average Bonchev–Trinajstić information content (AvgIpc) is 2.67. The Balaban J connectivity index is 1.76. The van der Waals surface area contributed by atoms with Gasteiger partial charge in [-0.1, -0.05) is 37.2 Å². The predicted octanol–water partition coefficient (Wildman–Crippen LogP) is 4.96. The summed E-state index contributed by atoms with van der Waals surface area (Å²) in [4.78, 5) is 21.4. The molecule has 134 valence electrons. The summed E-state index contributed by atoms with van der Waals surface area (Å²) in [6, 6.07) is 13.4. The maximum atomic E-state index is 13.0. The number of para-hydroxylation sites is 1. The summed E-state index contributed by atoms with van der Waals surface area (Å²) in [5.41, 5.74) is 1.33. The minimum absolute atomic E-state index is 0.0766. The number of fused-ring (bicyclic) bond motifs is 1. The smallest absolute Gasteiger partial charge is 0.190 e. The fourth-order valence-electron chi connectivity index (χ4n) is 2.49. The molecule has 6 heteroatoms. The molecule has 3 rings (SSSR count). The first kappa shape index (κ1) is 18.3. The van der Waals surface area contributed by atoms with Crippen molar-refractivity contribution in [2.75, 3.05) is 17.6 Å². The zero-order chi connectivity index (χ0) is 18.4. The largest absolute Gasteiger partial charge is 0.369 e. The van der Waals surface area contributed by atoms with E-state index < -0.39 is 0 Å².